The quantitative estimate of drug-likeness (QED) is 0.332. The minimum absolute atomic E-state index is 0.0619. The Kier molecular flexibility index (Phi) is 9.48. The number of carboxylic acid groups (broad SMARTS) is 1. The van der Waals surface area contributed by atoms with Crippen LogP contribution >= 0.6 is 0 Å². The Morgan fingerprint density at radius 3 is 2.74 bits per heavy atom. The first-order valence-electron chi connectivity index (χ1n) is 13.7. The molecule has 1 fully saturated rings. The van der Waals surface area contributed by atoms with Gasteiger partial charge in [0.2, 0.25) is 5.91 Å². The minimum atomic E-state index is -4.53. The summed E-state index contributed by atoms with van der Waals surface area (Å²) in [6, 6.07) is 7.68. The summed E-state index contributed by atoms with van der Waals surface area (Å²) in [4.78, 5) is 29.3. The summed E-state index contributed by atoms with van der Waals surface area (Å²) in [5.74, 6) is -1.16. The molecule has 0 bridgehead atoms. The van der Waals surface area contributed by atoms with Crippen LogP contribution in [0.3, 0.4) is 0 Å². The number of aliphatic carboxylic acids is 1. The van der Waals surface area contributed by atoms with Crippen LogP contribution in [0.25, 0.3) is 0 Å². The van der Waals surface area contributed by atoms with E-state index in [1.165, 1.54) is 17.7 Å². The predicted octanol–water partition coefficient (Wildman–Crippen LogP) is 5.34. The van der Waals surface area contributed by atoms with E-state index in [1.54, 1.807) is 6.92 Å². The molecule has 0 saturated heterocycles. The van der Waals surface area contributed by atoms with Crippen molar-refractivity contribution in [2.45, 2.75) is 82.5 Å². The number of aromatic nitrogens is 1. The van der Waals surface area contributed by atoms with Gasteiger partial charge >= 0.3 is 12.1 Å². The highest BCUT2D eigenvalue weighted by atomic mass is 19.4. The first-order valence-corrected chi connectivity index (χ1v) is 13.7. The number of alkyl halides is 3. The summed E-state index contributed by atoms with van der Waals surface area (Å²) in [7, 11) is 0. The lowest BCUT2D eigenvalue weighted by atomic mass is 9.79. The summed E-state index contributed by atoms with van der Waals surface area (Å²) in [6.07, 6.45) is 1.78. The maximum atomic E-state index is 13.1. The van der Waals surface area contributed by atoms with Crippen LogP contribution in [0.1, 0.15) is 73.8 Å². The van der Waals surface area contributed by atoms with E-state index in [1.807, 2.05) is 0 Å². The molecule has 39 heavy (non-hydrogen) atoms. The van der Waals surface area contributed by atoms with E-state index < -0.39 is 35.6 Å². The predicted molar refractivity (Wildman–Crippen MR) is 140 cm³/mol. The van der Waals surface area contributed by atoms with Crippen molar-refractivity contribution in [3.05, 3.63) is 58.8 Å². The van der Waals surface area contributed by atoms with Crippen LogP contribution in [0.5, 0.6) is 0 Å². The molecule has 2 aliphatic rings. The molecule has 2 heterocycles. The first-order chi connectivity index (χ1) is 18.6. The van der Waals surface area contributed by atoms with Crippen LogP contribution in [0.4, 0.5) is 19.0 Å². The Labute approximate surface area is 226 Å². The molecule has 2 aromatic rings. The number of nitrogens with one attached hydrogen (secondary N) is 2. The molecule has 2 unspecified atom stereocenters. The number of halogens is 3. The van der Waals surface area contributed by atoms with E-state index in [0.717, 1.165) is 68.7 Å². The second kappa shape index (κ2) is 12.8. The van der Waals surface area contributed by atoms with Crippen LogP contribution in [0.15, 0.2) is 36.4 Å². The van der Waals surface area contributed by atoms with Crippen LogP contribution in [0, 0.1) is 5.92 Å². The smallest absolute Gasteiger partial charge is 0.416 e. The third-order valence-corrected chi connectivity index (χ3v) is 7.67. The molecule has 0 spiro atoms. The van der Waals surface area contributed by atoms with E-state index in [2.05, 4.69) is 22.8 Å². The summed E-state index contributed by atoms with van der Waals surface area (Å²) >= 11 is 0. The second-order valence-electron chi connectivity index (χ2n) is 10.5. The zero-order valence-corrected chi connectivity index (χ0v) is 22.1. The number of rotatable bonds is 12. The van der Waals surface area contributed by atoms with E-state index in [9.17, 15) is 27.9 Å². The minimum Gasteiger partial charge on any atom is -0.480 e. The van der Waals surface area contributed by atoms with Gasteiger partial charge in [0.1, 0.15) is 11.9 Å². The topological polar surface area (TPSA) is 101 Å². The molecule has 1 amide bonds. The van der Waals surface area contributed by atoms with Crippen molar-refractivity contribution in [2.75, 3.05) is 18.5 Å². The van der Waals surface area contributed by atoms with Crippen molar-refractivity contribution in [3.8, 4) is 0 Å². The monoisotopic (exact) mass is 547 g/mol. The average Bonchev–Trinajstić information content (AvgIpc) is 2.88. The maximum Gasteiger partial charge on any atom is 0.416 e. The van der Waals surface area contributed by atoms with Crippen LogP contribution in [0.2, 0.25) is 0 Å². The fraction of sp³-hybridized carbons (Fsp3) is 0.552. The van der Waals surface area contributed by atoms with Gasteiger partial charge in [-0.05, 0) is 74.1 Å². The van der Waals surface area contributed by atoms with Crippen molar-refractivity contribution in [1.29, 1.82) is 0 Å². The van der Waals surface area contributed by atoms with Gasteiger partial charge in [-0.1, -0.05) is 31.2 Å². The lowest BCUT2D eigenvalue weighted by molar-refractivity contribution is -0.143. The van der Waals surface area contributed by atoms with E-state index in [0.29, 0.717) is 5.92 Å². The molecule has 0 radical (unpaired) electrons. The average molecular weight is 548 g/mol. The number of hydrogen-bond donors (Lipinski definition) is 3. The summed E-state index contributed by atoms with van der Waals surface area (Å²) < 4.78 is 45.1. The molecule has 1 aromatic heterocycles. The highest BCUT2D eigenvalue weighted by molar-refractivity contribution is 5.88. The van der Waals surface area contributed by atoms with E-state index in [-0.39, 0.29) is 31.1 Å². The lowest BCUT2D eigenvalue weighted by Crippen LogP contribution is -2.44. The number of carbonyl (C=O) groups is 2. The van der Waals surface area contributed by atoms with Crippen molar-refractivity contribution in [1.82, 2.24) is 10.3 Å². The van der Waals surface area contributed by atoms with Crippen LogP contribution in [-0.2, 0) is 33.3 Å². The number of carboxylic acids is 1. The number of carbonyl (C=O) groups excluding carboxylic acids is 1. The van der Waals surface area contributed by atoms with Gasteiger partial charge in [0.15, 0.2) is 0 Å². The van der Waals surface area contributed by atoms with Gasteiger partial charge in [0.05, 0.1) is 17.6 Å². The number of ether oxygens (including phenoxy) is 1. The van der Waals surface area contributed by atoms with Crippen molar-refractivity contribution < 1.29 is 32.6 Å². The Morgan fingerprint density at radius 2 is 2.03 bits per heavy atom. The molecule has 10 heteroatoms. The molecular weight excluding hydrogens is 511 g/mol. The molecule has 1 aliphatic carbocycles. The van der Waals surface area contributed by atoms with Gasteiger partial charge in [-0.25, -0.2) is 9.78 Å². The normalized spacial score (nSPS) is 20.2. The lowest BCUT2D eigenvalue weighted by Gasteiger charge is -2.35. The maximum absolute atomic E-state index is 13.1. The summed E-state index contributed by atoms with van der Waals surface area (Å²) in [6.45, 7) is 2.81. The number of anilines is 1. The number of hydrogen-bond acceptors (Lipinski definition) is 5. The molecule has 212 valence electrons. The number of fused-ring (bicyclic) bond motifs is 1. The molecule has 7 nitrogen and oxygen atoms in total. The number of benzene rings is 1. The number of aryl methyl sites for hydroxylation is 2. The summed E-state index contributed by atoms with van der Waals surface area (Å²) in [5, 5.41) is 15.5. The zero-order chi connectivity index (χ0) is 28.0. The van der Waals surface area contributed by atoms with Gasteiger partial charge < -0.3 is 20.5 Å². The molecule has 1 aromatic carbocycles. The van der Waals surface area contributed by atoms with Gasteiger partial charge in [0.25, 0.3) is 0 Å². The third kappa shape index (κ3) is 7.71. The number of nitrogens with zero attached hydrogens (tertiary/aromatic N) is 1. The molecule has 4 rings (SSSR count). The fourth-order valence-corrected chi connectivity index (χ4v) is 5.29. The Hall–Kier alpha value is -3.14. The Bertz CT molecular complexity index is 1150. The molecule has 2 atom stereocenters. The van der Waals surface area contributed by atoms with Crippen molar-refractivity contribution in [3.63, 3.8) is 0 Å². The largest absolute Gasteiger partial charge is 0.480 e. The van der Waals surface area contributed by atoms with Gasteiger partial charge in [-0.15, -0.1) is 0 Å². The number of pyridine rings is 1. The van der Waals surface area contributed by atoms with Crippen LogP contribution in [-0.4, -0.2) is 47.3 Å². The summed E-state index contributed by atoms with van der Waals surface area (Å²) in [5.41, 5.74) is 1.72. The second-order valence-corrected chi connectivity index (χ2v) is 10.5. The first kappa shape index (κ1) is 28.9. The Morgan fingerprint density at radius 1 is 1.23 bits per heavy atom. The molecule has 3 N–H and O–H groups in total. The van der Waals surface area contributed by atoms with Crippen molar-refractivity contribution in [2.24, 2.45) is 5.92 Å². The zero-order valence-electron chi connectivity index (χ0n) is 22.1. The number of amides is 1. The van der Waals surface area contributed by atoms with Gasteiger partial charge in [0, 0.05) is 25.3 Å². The standard InChI is InChI=1S/C29H36F3N3O4/c1-2-24(20-5-3-7-21(17-20)29(30,31)32)27(36)35-25(28(37)38)12-14-39-23-15-18(16-23)8-10-22-11-9-19-6-4-13-33-26(19)34-22/h3,5,7,9,11,17-18,23-25H,2,4,6,8,10,12-16H2,1H3,(H,33,34)(H,35,36)(H,37,38). The molecular formula is C29H36F3N3O4. The molecule has 1 aliphatic heterocycles. The van der Waals surface area contributed by atoms with Gasteiger partial charge in [-0.2, -0.15) is 13.2 Å². The highest BCUT2D eigenvalue weighted by Crippen LogP contribution is 2.34. The SMILES string of the molecule is CCC(C(=O)NC(CCOC1CC(CCc2ccc3c(n2)NCCC3)C1)C(=O)O)c1cccc(C(F)(F)F)c1. The van der Waals surface area contributed by atoms with E-state index in [4.69, 9.17) is 9.72 Å². The highest BCUT2D eigenvalue weighted by Gasteiger charge is 2.33. The third-order valence-electron chi connectivity index (χ3n) is 7.67. The fourth-order valence-electron chi connectivity index (χ4n) is 5.29. The van der Waals surface area contributed by atoms with Gasteiger partial charge in [-0.3, -0.25) is 4.79 Å². The molecule has 1 saturated carbocycles. The van der Waals surface area contributed by atoms with E-state index >= 15 is 0 Å². The van der Waals surface area contributed by atoms with Crippen LogP contribution < -0.4 is 10.6 Å². The van der Waals surface area contributed by atoms with Crippen molar-refractivity contribution >= 4 is 17.7 Å². The Balaban J connectivity index is 1.19.